The Labute approximate surface area is 93.0 Å². The molecule has 0 fully saturated rings. The number of rotatable bonds is 6. The third-order valence-corrected chi connectivity index (χ3v) is 3.05. The second-order valence-corrected chi connectivity index (χ2v) is 4.27. The zero-order valence-corrected chi connectivity index (χ0v) is 9.28. The summed E-state index contributed by atoms with van der Waals surface area (Å²) in [4.78, 5) is 5.32. The van der Waals surface area contributed by atoms with Crippen molar-refractivity contribution >= 4 is 11.3 Å². The van der Waals surface area contributed by atoms with Crippen LogP contribution in [0.4, 0.5) is 0 Å². The summed E-state index contributed by atoms with van der Waals surface area (Å²) in [6.45, 7) is 2.84. The molecule has 0 aliphatic heterocycles. The van der Waals surface area contributed by atoms with Crippen molar-refractivity contribution in [3.8, 4) is 0 Å². The van der Waals surface area contributed by atoms with Crippen molar-refractivity contribution in [1.29, 1.82) is 0 Å². The lowest BCUT2D eigenvalue weighted by atomic mass is 10.3. The van der Waals surface area contributed by atoms with E-state index in [1.54, 1.807) is 12.7 Å². The van der Waals surface area contributed by atoms with Crippen molar-refractivity contribution in [2.45, 2.75) is 13.0 Å². The zero-order valence-electron chi connectivity index (χ0n) is 8.47. The van der Waals surface area contributed by atoms with E-state index in [2.05, 4.69) is 32.9 Å². The van der Waals surface area contributed by atoms with Crippen molar-refractivity contribution in [2.75, 3.05) is 13.1 Å². The molecule has 15 heavy (non-hydrogen) atoms. The van der Waals surface area contributed by atoms with Crippen LogP contribution in [0.15, 0.2) is 30.2 Å². The van der Waals surface area contributed by atoms with Crippen LogP contribution in [0.1, 0.15) is 4.88 Å². The molecule has 2 aromatic rings. The van der Waals surface area contributed by atoms with E-state index in [1.807, 2.05) is 16.0 Å². The van der Waals surface area contributed by atoms with Crippen LogP contribution in [0, 0.1) is 0 Å². The number of nitrogens with one attached hydrogen (secondary N) is 1. The van der Waals surface area contributed by atoms with Crippen molar-refractivity contribution < 1.29 is 0 Å². The fourth-order valence-electron chi connectivity index (χ4n) is 1.33. The molecule has 2 aromatic heterocycles. The molecule has 0 aliphatic carbocycles. The SMILES string of the molecule is c1csc(CCNCCn2cncn2)c1. The Morgan fingerprint density at radius 3 is 3.13 bits per heavy atom. The topological polar surface area (TPSA) is 42.7 Å². The van der Waals surface area contributed by atoms with E-state index >= 15 is 0 Å². The van der Waals surface area contributed by atoms with Crippen molar-refractivity contribution in [1.82, 2.24) is 20.1 Å². The number of nitrogens with zero attached hydrogens (tertiary/aromatic N) is 3. The standard InChI is InChI=1S/C10H14N4S/c1-2-10(15-7-1)3-4-11-5-6-14-9-12-8-13-14/h1-2,7-9,11H,3-6H2. The molecule has 0 unspecified atom stereocenters. The normalized spacial score (nSPS) is 10.7. The fraction of sp³-hybridized carbons (Fsp3) is 0.400. The highest BCUT2D eigenvalue weighted by Gasteiger charge is 1.94. The van der Waals surface area contributed by atoms with Crippen molar-refractivity contribution in [3.63, 3.8) is 0 Å². The van der Waals surface area contributed by atoms with Gasteiger partial charge in [0.05, 0.1) is 6.54 Å². The predicted octanol–water partition coefficient (Wildman–Crippen LogP) is 1.17. The van der Waals surface area contributed by atoms with Gasteiger partial charge in [0.25, 0.3) is 0 Å². The largest absolute Gasteiger partial charge is 0.315 e. The monoisotopic (exact) mass is 222 g/mol. The molecule has 80 valence electrons. The molecule has 2 rings (SSSR count). The maximum absolute atomic E-state index is 4.03. The summed E-state index contributed by atoms with van der Waals surface area (Å²) in [6, 6.07) is 4.26. The summed E-state index contributed by atoms with van der Waals surface area (Å²) >= 11 is 1.81. The second-order valence-electron chi connectivity index (χ2n) is 3.24. The second kappa shape index (κ2) is 5.63. The smallest absolute Gasteiger partial charge is 0.137 e. The van der Waals surface area contributed by atoms with Gasteiger partial charge in [0.2, 0.25) is 0 Å². The molecule has 0 saturated carbocycles. The molecule has 4 nitrogen and oxygen atoms in total. The average molecular weight is 222 g/mol. The Morgan fingerprint density at radius 1 is 1.40 bits per heavy atom. The Morgan fingerprint density at radius 2 is 2.40 bits per heavy atom. The summed E-state index contributed by atoms with van der Waals surface area (Å²) in [6.07, 6.45) is 4.40. The minimum Gasteiger partial charge on any atom is -0.315 e. The van der Waals surface area contributed by atoms with E-state index in [0.717, 1.165) is 26.1 Å². The summed E-state index contributed by atoms with van der Waals surface area (Å²) in [5.74, 6) is 0. The summed E-state index contributed by atoms with van der Waals surface area (Å²) in [5.41, 5.74) is 0. The van der Waals surface area contributed by atoms with Gasteiger partial charge in [-0.05, 0) is 17.9 Å². The molecule has 0 atom stereocenters. The van der Waals surface area contributed by atoms with Crippen LogP contribution < -0.4 is 5.32 Å². The Kier molecular flexibility index (Phi) is 3.87. The molecule has 5 heteroatoms. The van der Waals surface area contributed by atoms with E-state index in [0.29, 0.717) is 0 Å². The van der Waals surface area contributed by atoms with Gasteiger partial charge in [-0.1, -0.05) is 6.07 Å². The van der Waals surface area contributed by atoms with Crippen LogP contribution >= 0.6 is 11.3 Å². The minimum absolute atomic E-state index is 0.879. The Balaban J connectivity index is 1.56. The van der Waals surface area contributed by atoms with Gasteiger partial charge < -0.3 is 5.32 Å². The van der Waals surface area contributed by atoms with Crippen LogP contribution in [-0.2, 0) is 13.0 Å². The number of hydrogen-bond acceptors (Lipinski definition) is 4. The van der Waals surface area contributed by atoms with Crippen molar-refractivity contribution in [2.24, 2.45) is 0 Å². The highest BCUT2D eigenvalue weighted by atomic mass is 32.1. The first-order valence-electron chi connectivity index (χ1n) is 5.00. The molecule has 0 radical (unpaired) electrons. The molecule has 1 N–H and O–H groups in total. The average Bonchev–Trinajstić information content (AvgIpc) is 2.88. The predicted molar refractivity (Wildman–Crippen MR) is 60.9 cm³/mol. The van der Waals surface area contributed by atoms with E-state index in [9.17, 15) is 0 Å². The van der Waals surface area contributed by atoms with Crippen molar-refractivity contribution in [3.05, 3.63) is 35.0 Å². The lowest BCUT2D eigenvalue weighted by Gasteiger charge is -2.03. The van der Waals surface area contributed by atoms with Gasteiger partial charge in [-0.3, -0.25) is 4.68 Å². The molecule has 0 saturated heterocycles. The lowest BCUT2D eigenvalue weighted by Crippen LogP contribution is -2.22. The van der Waals surface area contributed by atoms with Crippen LogP contribution in [0.5, 0.6) is 0 Å². The van der Waals surface area contributed by atoms with Crippen LogP contribution in [-0.4, -0.2) is 27.9 Å². The zero-order chi connectivity index (χ0) is 10.3. The van der Waals surface area contributed by atoms with Gasteiger partial charge >= 0.3 is 0 Å². The highest BCUT2D eigenvalue weighted by Crippen LogP contribution is 2.07. The van der Waals surface area contributed by atoms with Gasteiger partial charge in [0.15, 0.2) is 0 Å². The third kappa shape index (κ3) is 3.45. The fourth-order valence-corrected chi connectivity index (χ4v) is 2.04. The van der Waals surface area contributed by atoms with E-state index in [-0.39, 0.29) is 0 Å². The first-order valence-corrected chi connectivity index (χ1v) is 5.88. The van der Waals surface area contributed by atoms with Crippen LogP contribution in [0.3, 0.4) is 0 Å². The Bertz CT molecular complexity index is 318. The molecule has 0 aromatic carbocycles. The molecular formula is C10H14N4S. The quantitative estimate of drug-likeness (QED) is 0.746. The van der Waals surface area contributed by atoms with Gasteiger partial charge in [-0.25, -0.2) is 4.98 Å². The van der Waals surface area contributed by atoms with Gasteiger partial charge in [0.1, 0.15) is 12.7 Å². The highest BCUT2D eigenvalue weighted by molar-refractivity contribution is 7.09. The van der Waals surface area contributed by atoms with Crippen LogP contribution in [0.2, 0.25) is 0 Å². The first-order chi connectivity index (χ1) is 7.45. The van der Waals surface area contributed by atoms with Gasteiger partial charge in [-0.15, -0.1) is 11.3 Å². The number of thiophene rings is 1. The molecular weight excluding hydrogens is 208 g/mol. The van der Waals surface area contributed by atoms with E-state index in [4.69, 9.17) is 0 Å². The summed E-state index contributed by atoms with van der Waals surface area (Å²) in [7, 11) is 0. The van der Waals surface area contributed by atoms with E-state index in [1.165, 1.54) is 4.88 Å². The van der Waals surface area contributed by atoms with E-state index < -0.39 is 0 Å². The molecule has 0 spiro atoms. The van der Waals surface area contributed by atoms with Crippen LogP contribution in [0.25, 0.3) is 0 Å². The molecule has 0 aliphatic rings. The number of aromatic nitrogens is 3. The summed E-state index contributed by atoms with van der Waals surface area (Å²) in [5, 5.41) is 9.53. The first kappa shape index (κ1) is 10.3. The molecule has 0 bridgehead atoms. The third-order valence-electron chi connectivity index (χ3n) is 2.11. The van der Waals surface area contributed by atoms with Gasteiger partial charge in [-0.2, -0.15) is 5.10 Å². The van der Waals surface area contributed by atoms with Gasteiger partial charge in [0, 0.05) is 18.0 Å². The lowest BCUT2D eigenvalue weighted by molar-refractivity contribution is 0.556. The molecule has 2 heterocycles. The number of hydrogen-bond donors (Lipinski definition) is 1. The maximum atomic E-state index is 4.03. The Hall–Kier alpha value is -1.20. The summed E-state index contributed by atoms with van der Waals surface area (Å²) < 4.78 is 1.83. The molecule has 0 amide bonds. The maximum Gasteiger partial charge on any atom is 0.137 e. The minimum atomic E-state index is 0.879.